The molecular formula is C14H26O7. The van der Waals surface area contributed by atoms with Crippen molar-refractivity contribution in [3.8, 4) is 0 Å². The molecule has 0 bridgehead atoms. The number of esters is 2. The normalized spacial score (nSPS) is 18.6. The second kappa shape index (κ2) is 6.00. The lowest BCUT2D eigenvalue weighted by atomic mass is 9.76. The van der Waals surface area contributed by atoms with Gasteiger partial charge in [-0.1, -0.05) is 41.5 Å². The standard InChI is InChI=1S/C14H26O7/c1-11(2,3)13(19,7-15)9(17)21-10(18)14(20,8-16)12(4,5)6/h15-16,19-20H,7-8H2,1-6H3. The number of rotatable bonds is 4. The Labute approximate surface area is 124 Å². The maximum absolute atomic E-state index is 12.0. The number of hydrogen-bond donors (Lipinski definition) is 4. The van der Waals surface area contributed by atoms with Crippen LogP contribution in [0.25, 0.3) is 0 Å². The SMILES string of the molecule is CC(C)(C)C(O)(CO)C(=O)OC(=O)C(O)(CO)C(C)(C)C. The van der Waals surface area contributed by atoms with Gasteiger partial charge in [0.15, 0.2) is 11.2 Å². The summed E-state index contributed by atoms with van der Waals surface area (Å²) in [6.45, 7) is 7.00. The molecule has 0 spiro atoms. The molecule has 0 aliphatic rings. The van der Waals surface area contributed by atoms with E-state index in [4.69, 9.17) is 0 Å². The third kappa shape index (κ3) is 3.60. The van der Waals surface area contributed by atoms with Gasteiger partial charge in [0.1, 0.15) is 0 Å². The van der Waals surface area contributed by atoms with Crippen molar-refractivity contribution in [1.82, 2.24) is 0 Å². The third-order valence-corrected chi connectivity index (χ3v) is 3.80. The Morgan fingerprint density at radius 1 is 0.762 bits per heavy atom. The Morgan fingerprint density at radius 2 is 1.00 bits per heavy atom. The van der Waals surface area contributed by atoms with Gasteiger partial charge in [0, 0.05) is 10.8 Å². The summed E-state index contributed by atoms with van der Waals surface area (Å²) >= 11 is 0. The van der Waals surface area contributed by atoms with E-state index in [0.29, 0.717) is 0 Å². The number of carbonyl (C=O) groups is 2. The van der Waals surface area contributed by atoms with Gasteiger partial charge in [-0.3, -0.25) is 0 Å². The molecule has 0 aliphatic heterocycles. The topological polar surface area (TPSA) is 124 Å². The van der Waals surface area contributed by atoms with Gasteiger partial charge in [-0.05, 0) is 0 Å². The molecule has 0 heterocycles. The third-order valence-electron chi connectivity index (χ3n) is 3.80. The predicted molar refractivity (Wildman–Crippen MR) is 74.1 cm³/mol. The molecule has 0 aromatic rings. The van der Waals surface area contributed by atoms with E-state index >= 15 is 0 Å². The van der Waals surface area contributed by atoms with Gasteiger partial charge >= 0.3 is 11.9 Å². The van der Waals surface area contributed by atoms with Crippen LogP contribution in [0.5, 0.6) is 0 Å². The number of aliphatic hydroxyl groups excluding tert-OH is 2. The zero-order chi connectivity index (χ0) is 17.3. The number of carbonyl (C=O) groups excluding carboxylic acids is 2. The molecule has 7 heteroatoms. The maximum Gasteiger partial charge on any atom is 0.348 e. The van der Waals surface area contributed by atoms with Crippen molar-refractivity contribution in [2.45, 2.75) is 52.7 Å². The van der Waals surface area contributed by atoms with E-state index in [-0.39, 0.29) is 0 Å². The minimum atomic E-state index is -2.31. The Kier molecular flexibility index (Phi) is 5.71. The lowest BCUT2D eigenvalue weighted by Crippen LogP contribution is -2.59. The predicted octanol–water partition coefficient (Wildman–Crippen LogP) is -0.405. The maximum atomic E-state index is 12.0. The fraction of sp³-hybridized carbons (Fsp3) is 0.857. The van der Waals surface area contributed by atoms with Crippen molar-refractivity contribution < 1.29 is 34.8 Å². The van der Waals surface area contributed by atoms with Crippen molar-refractivity contribution in [3.05, 3.63) is 0 Å². The zero-order valence-electron chi connectivity index (χ0n) is 13.4. The number of aliphatic hydroxyl groups is 4. The Hall–Kier alpha value is -1.02. The highest BCUT2D eigenvalue weighted by atomic mass is 16.6. The van der Waals surface area contributed by atoms with E-state index in [1.165, 1.54) is 41.5 Å². The smallest absolute Gasteiger partial charge is 0.348 e. The van der Waals surface area contributed by atoms with Crippen molar-refractivity contribution in [2.24, 2.45) is 10.8 Å². The fourth-order valence-corrected chi connectivity index (χ4v) is 1.47. The lowest BCUT2D eigenvalue weighted by molar-refractivity contribution is -0.205. The lowest BCUT2D eigenvalue weighted by Gasteiger charge is -2.39. The van der Waals surface area contributed by atoms with Crippen LogP contribution >= 0.6 is 0 Å². The summed E-state index contributed by atoms with van der Waals surface area (Å²) < 4.78 is 4.52. The van der Waals surface area contributed by atoms with E-state index in [2.05, 4.69) is 4.74 Å². The first-order chi connectivity index (χ1) is 9.17. The number of ether oxygens (including phenoxy) is 1. The number of hydrogen-bond acceptors (Lipinski definition) is 7. The zero-order valence-corrected chi connectivity index (χ0v) is 13.4. The van der Waals surface area contributed by atoms with Crippen LogP contribution < -0.4 is 0 Å². The van der Waals surface area contributed by atoms with E-state index in [1.807, 2.05) is 0 Å². The summed E-state index contributed by atoms with van der Waals surface area (Å²) in [5.41, 5.74) is -6.82. The first kappa shape index (κ1) is 20.0. The average Bonchev–Trinajstić information content (AvgIpc) is 2.33. The molecular weight excluding hydrogens is 280 g/mol. The van der Waals surface area contributed by atoms with Crippen LogP contribution in [0.4, 0.5) is 0 Å². The average molecular weight is 306 g/mol. The van der Waals surface area contributed by atoms with Crippen molar-refractivity contribution in [3.63, 3.8) is 0 Å². The minimum absolute atomic E-state index is 0.949. The van der Waals surface area contributed by atoms with Crippen LogP contribution in [0.15, 0.2) is 0 Å². The van der Waals surface area contributed by atoms with Gasteiger partial charge in [-0.15, -0.1) is 0 Å². The highest BCUT2D eigenvalue weighted by Crippen LogP contribution is 2.34. The van der Waals surface area contributed by atoms with Crippen LogP contribution in [0, 0.1) is 10.8 Å². The second-order valence-corrected chi connectivity index (χ2v) is 7.21. The molecule has 124 valence electrons. The van der Waals surface area contributed by atoms with E-state index in [1.54, 1.807) is 0 Å². The van der Waals surface area contributed by atoms with E-state index < -0.39 is 47.2 Å². The Balaban J connectivity index is 5.40. The summed E-state index contributed by atoms with van der Waals surface area (Å²) in [4.78, 5) is 24.0. The summed E-state index contributed by atoms with van der Waals surface area (Å²) in [7, 11) is 0. The molecule has 0 saturated heterocycles. The van der Waals surface area contributed by atoms with Crippen molar-refractivity contribution in [2.75, 3.05) is 13.2 Å². The molecule has 7 nitrogen and oxygen atoms in total. The summed E-state index contributed by atoms with van der Waals surface area (Å²) in [6, 6.07) is 0. The minimum Gasteiger partial charge on any atom is -0.393 e. The molecule has 0 fully saturated rings. The Morgan fingerprint density at radius 3 is 1.14 bits per heavy atom. The largest absolute Gasteiger partial charge is 0.393 e. The molecule has 21 heavy (non-hydrogen) atoms. The van der Waals surface area contributed by atoms with Gasteiger partial charge < -0.3 is 25.2 Å². The molecule has 0 aromatic heterocycles. The van der Waals surface area contributed by atoms with Gasteiger partial charge in [-0.25, -0.2) is 9.59 Å². The molecule has 0 saturated carbocycles. The van der Waals surface area contributed by atoms with Gasteiger partial charge in [0.2, 0.25) is 0 Å². The second-order valence-electron chi connectivity index (χ2n) is 7.21. The molecule has 0 aromatic carbocycles. The van der Waals surface area contributed by atoms with Crippen LogP contribution in [0.2, 0.25) is 0 Å². The van der Waals surface area contributed by atoms with Crippen molar-refractivity contribution in [1.29, 1.82) is 0 Å². The van der Waals surface area contributed by atoms with Gasteiger partial charge in [-0.2, -0.15) is 0 Å². The highest BCUT2D eigenvalue weighted by Gasteiger charge is 2.53. The van der Waals surface area contributed by atoms with Crippen LogP contribution in [-0.2, 0) is 14.3 Å². The summed E-state index contributed by atoms with van der Waals surface area (Å²) in [5.74, 6) is -2.75. The molecule has 0 rings (SSSR count). The molecule has 0 radical (unpaired) electrons. The van der Waals surface area contributed by atoms with Gasteiger partial charge in [0.25, 0.3) is 0 Å². The summed E-state index contributed by atoms with van der Waals surface area (Å²) in [6.07, 6.45) is 0. The molecule has 0 aliphatic carbocycles. The molecule has 4 N–H and O–H groups in total. The first-order valence-electron chi connectivity index (χ1n) is 6.60. The van der Waals surface area contributed by atoms with Crippen LogP contribution in [-0.4, -0.2) is 56.8 Å². The van der Waals surface area contributed by atoms with Crippen molar-refractivity contribution >= 4 is 11.9 Å². The molecule has 2 atom stereocenters. The first-order valence-corrected chi connectivity index (χ1v) is 6.60. The van der Waals surface area contributed by atoms with Crippen LogP contribution in [0.3, 0.4) is 0 Å². The van der Waals surface area contributed by atoms with E-state index in [0.717, 1.165) is 0 Å². The molecule has 0 amide bonds. The highest BCUT2D eigenvalue weighted by molar-refractivity contribution is 5.94. The molecule has 2 unspecified atom stereocenters. The van der Waals surface area contributed by atoms with Crippen LogP contribution in [0.1, 0.15) is 41.5 Å². The fourth-order valence-electron chi connectivity index (χ4n) is 1.47. The quantitative estimate of drug-likeness (QED) is 0.411. The van der Waals surface area contributed by atoms with E-state index in [9.17, 15) is 30.0 Å². The Bertz CT molecular complexity index is 367. The summed E-state index contributed by atoms with van der Waals surface area (Å²) in [5, 5.41) is 38.9. The monoisotopic (exact) mass is 306 g/mol. The van der Waals surface area contributed by atoms with Gasteiger partial charge in [0.05, 0.1) is 13.2 Å².